The molecule has 0 bridgehead atoms. The van der Waals surface area contributed by atoms with Crippen molar-refractivity contribution in [2.45, 2.75) is 26.8 Å². The molecule has 5 nitrogen and oxygen atoms in total. The van der Waals surface area contributed by atoms with Gasteiger partial charge in [0.25, 0.3) is 0 Å². The van der Waals surface area contributed by atoms with Gasteiger partial charge in [-0.1, -0.05) is 13.8 Å². The van der Waals surface area contributed by atoms with Crippen LogP contribution in [0.15, 0.2) is 23.5 Å². The quantitative estimate of drug-likeness (QED) is 0.301. The van der Waals surface area contributed by atoms with Crippen molar-refractivity contribution in [3.05, 3.63) is 24.0 Å². The molecule has 21 heavy (non-hydrogen) atoms. The van der Waals surface area contributed by atoms with Crippen LogP contribution in [0.3, 0.4) is 0 Å². The molecule has 1 rings (SSSR count). The molecule has 0 saturated heterocycles. The Kier molecular flexibility index (Phi) is 11.4. The van der Waals surface area contributed by atoms with Gasteiger partial charge in [-0.15, -0.1) is 24.0 Å². The summed E-state index contributed by atoms with van der Waals surface area (Å²) in [5.41, 5.74) is 1.25. The molecule has 1 heterocycles. The first kappa shape index (κ1) is 20.2. The molecular weight excluding hydrogens is 379 g/mol. The predicted molar refractivity (Wildman–Crippen MR) is 99.3 cm³/mol. The van der Waals surface area contributed by atoms with E-state index in [1.54, 1.807) is 7.05 Å². The van der Waals surface area contributed by atoms with Gasteiger partial charge in [0.2, 0.25) is 0 Å². The number of guanidine groups is 1. The van der Waals surface area contributed by atoms with Crippen molar-refractivity contribution in [1.29, 1.82) is 0 Å². The number of ether oxygens (including phenoxy) is 1. The highest BCUT2D eigenvalue weighted by atomic mass is 127. The lowest BCUT2D eigenvalue weighted by molar-refractivity contribution is 0.108. The van der Waals surface area contributed by atoms with Gasteiger partial charge in [-0.3, -0.25) is 4.99 Å². The number of hydrogen-bond donors (Lipinski definition) is 2. The number of nitrogens with zero attached hydrogens (tertiary/aromatic N) is 2. The highest BCUT2D eigenvalue weighted by molar-refractivity contribution is 14.0. The summed E-state index contributed by atoms with van der Waals surface area (Å²) in [6, 6.07) is 2.10. The molecule has 122 valence electrons. The lowest BCUT2D eigenvalue weighted by Crippen LogP contribution is -2.37. The first-order chi connectivity index (χ1) is 9.61. The molecule has 6 heteroatoms. The topological polar surface area (TPSA) is 50.6 Å². The van der Waals surface area contributed by atoms with Crippen LogP contribution in [-0.2, 0) is 18.3 Å². The van der Waals surface area contributed by atoms with E-state index in [2.05, 4.69) is 41.7 Å². The van der Waals surface area contributed by atoms with Crippen LogP contribution in [0.4, 0.5) is 0 Å². The molecule has 0 fully saturated rings. The van der Waals surface area contributed by atoms with Gasteiger partial charge >= 0.3 is 0 Å². The molecule has 0 unspecified atom stereocenters. The van der Waals surface area contributed by atoms with Crippen molar-refractivity contribution in [2.24, 2.45) is 18.0 Å². The van der Waals surface area contributed by atoms with E-state index in [1.807, 2.05) is 17.8 Å². The van der Waals surface area contributed by atoms with E-state index >= 15 is 0 Å². The minimum atomic E-state index is 0. The molecule has 1 aromatic rings. The zero-order valence-corrected chi connectivity index (χ0v) is 15.9. The number of halogens is 1. The van der Waals surface area contributed by atoms with E-state index in [1.165, 1.54) is 5.56 Å². The monoisotopic (exact) mass is 408 g/mol. The minimum Gasteiger partial charge on any atom is -0.381 e. The van der Waals surface area contributed by atoms with Crippen LogP contribution >= 0.6 is 24.0 Å². The number of aliphatic imine (C=N–C) groups is 1. The fourth-order valence-electron chi connectivity index (χ4n) is 1.77. The van der Waals surface area contributed by atoms with Crippen LogP contribution in [0.1, 0.15) is 25.8 Å². The van der Waals surface area contributed by atoms with Crippen molar-refractivity contribution in [3.8, 4) is 0 Å². The van der Waals surface area contributed by atoms with Gasteiger partial charge in [0.05, 0.1) is 0 Å². The van der Waals surface area contributed by atoms with Crippen LogP contribution < -0.4 is 10.6 Å². The van der Waals surface area contributed by atoms with E-state index in [4.69, 9.17) is 4.74 Å². The molecule has 0 aliphatic carbocycles. The highest BCUT2D eigenvalue weighted by Gasteiger charge is 1.99. The third-order valence-electron chi connectivity index (χ3n) is 2.79. The molecule has 0 aliphatic heterocycles. The SMILES string of the molecule is CN=C(NCCCOCC(C)C)NCc1ccn(C)c1.I. The van der Waals surface area contributed by atoms with E-state index < -0.39 is 0 Å². The fraction of sp³-hybridized carbons (Fsp3) is 0.667. The second kappa shape index (κ2) is 11.9. The summed E-state index contributed by atoms with van der Waals surface area (Å²) < 4.78 is 7.58. The van der Waals surface area contributed by atoms with Gasteiger partial charge in [-0.05, 0) is 24.0 Å². The summed E-state index contributed by atoms with van der Waals surface area (Å²) in [6.07, 6.45) is 5.12. The molecule has 0 aliphatic rings. The lowest BCUT2D eigenvalue weighted by atomic mass is 10.2. The maximum absolute atomic E-state index is 5.54. The standard InChI is InChI=1S/C15H28N4O.HI/c1-13(2)12-20-9-5-7-17-15(16-3)18-10-14-6-8-19(4)11-14;/h6,8,11,13H,5,7,9-10,12H2,1-4H3,(H2,16,17,18);1H. The summed E-state index contributed by atoms with van der Waals surface area (Å²) in [5, 5.41) is 6.58. The van der Waals surface area contributed by atoms with Gasteiger partial charge in [0.1, 0.15) is 0 Å². The van der Waals surface area contributed by atoms with Gasteiger partial charge in [-0.2, -0.15) is 0 Å². The van der Waals surface area contributed by atoms with Crippen LogP contribution in [0.2, 0.25) is 0 Å². The molecule has 2 N–H and O–H groups in total. The number of aromatic nitrogens is 1. The molecule has 0 spiro atoms. The van der Waals surface area contributed by atoms with Gasteiger partial charge < -0.3 is 19.9 Å². The number of aryl methyl sites for hydroxylation is 1. The third-order valence-corrected chi connectivity index (χ3v) is 2.79. The Hall–Kier alpha value is -0.760. The lowest BCUT2D eigenvalue weighted by Gasteiger charge is -2.11. The Balaban J connectivity index is 0.00000400. The second-order valence-corrected chi connectivity index (χ2v) is 5.36. The van der Waals surface area contributed by atoms with Gasteiger partial charge in [-0.25, -0.2) is 0 Å². The van der Waals surface area contributed by atoms with E-state index in [0.29, 0.717) is 5.92 Å². The van der Waals surface area contributed by atoms with Crippen LogP contribution in [0, 0.1) is 5.92 Å². The molecule has 0 radical (unpaired) electrons. The van der Waals surface area contributed by atoms with Crippen LogP contribution in [-0.4, -0.2) is 37.3 Å². The average molecular weight is 408 g/mol. The first-order valence-electron chi connectivity index (χ1n) is 7.25. The summed E-state index contributed by atoms with van der Waals surface area (Å²) in [6.45, 7) is 7.60. The van der Waals surface area contributed by atoms with E-state index in [-0.39, 0.29) is 24.0 Å². The van der Waals surface area contributed by atoms with Gasteiger partial charge in [0.15, 0.2) is 5.96 Å². The minimum absolute atomic E-state index is 0. The summed E-state index contributed by atoms with van der Waals surface area (Å²) in [5.74, 6) is 1.43. The Morgan fingerprint density at radius 2 is 2.14 bits per heavy atom. The number of rotatable bonds is 8. The molecule has 1 aromatic heterocycles. The van der Waals surface area contributed by atoms with E-state index in [0.717, 1.165) is 38.7 Å². The third kappa shape index (κ3) is 9.73. The fourth-order valence-corrected chi connectivity index (χ4v) is 1.77. The van der Waals surface area contributed by atoms with Crippen molar-refractivity contribution >= 4 is 29.9 Å². The zero-order chi connectivity index (χ0) is 14.8. The Labute approximate surface area is 145 Å². The van der Waals surface area contributed by atoms with Crippen molar-refractivity contribution < 1.29 is 4.74 Å². The van der Waals surface area contributed by atoms with Crippen molar-refractivity contribution in [1.82, 2.24) is 15.2 Å². The smallest absolute Gasteiger partial charge is 0.191 e. The largest absolute Gasteiger partial charge is 0.381 e. The molecule has 0 aromatic carbocycles. The summed E-state index contributed by atoms with van der Waals surface area (Å²) >= 11 is 0. The maximum Gasteiger partial charge on any atom is 0.191 e. The highest BCUT2D eigenvalue weighted by Crippen LogP contribution is 1.98. The molecule has 0 saturated carbocycles. The van der Waals surface area contributed by atoms with Gasteiger partial charge in [0, 0.05) is 52.8 Å². The maximum atomic E-state index is 5.54. The molecule has 0 amide bonds. The predicted octanol–water partition coefficient (Wildman–Crippen LogP) is 2.37. The zero-order valence-electron chi connectivity index (χ0n) is 13.6. The van der Waals surface area contributed by atoms with Crippen LogP contribution in [0.25, 0.3) is 0 Å². The molecular formula is C15H29IN4O. The number of hydrogen-bond acceptors (Lipinski definition) is 2. The normalized spacial score (nSPS) is 11.4. The summed E-state index contributed by atoms with van der Waals surface area (Å²) in [7, 11) is 3.81. The van der Waals surface area contributed by atoms with Crippen molar-refractivity contribution in [3.63, 3.8) is 0 Å². The van der Waals surface area contributed by atoms with E-state index in [9.17, 15) is 0 Å². The second-order valence-electron chi connectivity index (χ2n) is 5.36. The average Bonchev–Trinajstić information content (AvgIpc) is 2.82. The number of nitrogens with one attached hydrogen (secondary N) is 2. The Morgan fingerprint density at radius 1 is 1.38 bits per heavy atom. The van der Waals surface area contributed by atoms with Crippen molar-refractivity contribution in [2.75, 3.05) is 26.8 Å². The van der Waals surface area contributed by atoms with Crippen LogP contribution in [0.5, 0.6) is 0 Å². The summed E-state index contributed by atoms with van der Waals surface area (Å²) in [4.78, 5) is 4.20. The first-order valence-corrected chi connectivity index (χ1v) is 7.25. The Bertz CT molecular complexity index is 404. The Morgan fingerprint density at radius 3 is 2.71 bits per heavy atom. The molecule has 0 atom stereocenters.